The van der Waals surface area contributed by atoms with Crippen molar-refractivity contribution in [1.82, 2.24) is 9.88 Å². The first-order valence-corrected chi connectivity index (χ1v) is 7.29. The maximum absolute atomic E-state index is 12.6. The third-order valence-electron chi connectivity index (χ3n) is 5.16. The van der Waals surface area contributed by atoms with Crippen molar-refractivity contribution in [3.8, 4) is 6.07 Å². The number of hydrogen-bond acceptors (Lipinski definition) is 3. The van der Waals surface area contributed by atoms with Crippen LogP contribution in [0, 0.1) is 28.1 Å². The molecule has 112 valence electrons. The fourth-order valence-corrected chi connectivity index (χ4v) is 4.52. The van der Waals surface area contributed by atoms with Gasteiger partial charge in [0.25, 0.3) is 5.91 Å². The molecule has 0 unspecified atom stereocenters. The van der Waals surface area contributed by atoms with Crippen LogP contribution >= 0.6 is 0 Å². The second-order valence-corrected chi connectivity index (χ2v) is 7.11. The fourth-order valence-electron chi connectivity index (χ4n) is 4.52. The van der Waals surface area contributed by atoms with E-state index in [9.17, 15) is 4.79 Å². The van der Waals surface area contributed by atoms with Gasteiger partial charge in [-0.1, -0.05) is 13.8 Å². The highest BCUT2D eigenvalue weighted by molar-refractivity contribution is 5.93. The van der Waals surface area contributed by atoms with Crippen LogP contribution in [0.25, 0.3) is 0 Å². The van der Waals surface area contributed by atoms with Gasteiger partial charge in [0.2, 0.25) is 0 Å². The highest BCUT2D eigenvalue weighted by atomic mass is 16.5. The van der Waals surface area contributed by atoms with Crippen LogP contribution in [0.2, 0.25) is 0 Å². The molecular formula is C16H21N3O2. The van der Waals surface area contributed by atoms with E-state index in [1.54, 1.807) is 19.4 Å². The summed E-state index contributed by atoms with van der Waals surface area (Å²) in [7, 11) is 1.73. The smallest absolute Gasteiger partial charge is 0.270 e. The van der Waals surface area contributed by atoms with E-state index in [2.05, 4.69) is 18.8 Å². The number of carbonyl (C=O) groups excluding carboxylic acids is 1. The molecule has 1 aromatic rings. The minimum absolute atomic E-state index is 0.0165. The lowest BCUT2D eigenvalue weighted by Crippen LogP contribution is -2.55. The number of rotatable bonds is 3. The van der Waals surface area contributed by atoms with E-state index >= 15 is 0 Å². The Morgan fingerprint density at radius 1 is 1.62 bits per heavy atom. The third kappa shape index (κ3) is 2.06. The Morgan fingerprint density at radius 3 is 2.95 bits per heavy atom. The van der Waals surface area contributed by atoms with Crippen LogP contribution in [-0.2, 0) is 4.74 Å². The van der Waals surface area contributed by atoms with Gasteiger partial charge in [0.1, 0.15) is 11.8 Å². The Balaban J connectivity index is 1.79. The molecule has 1 aliphatic heterocycles. The molecule has 2 fully saturated rings. The van der Waals surface area contributed by atoms with Crippen LogP contribution in [0.4, 0.5) is 0 Å². The van der Waals surface area contributed by atoms with Gasteiger partial charge in [-0.2, -0.15) is 5.26 Å². The summed E-state index contributed by atoms with van der Waals surface area (Å²) in [6, 6.07) is 3.66. The lowest BCUT2D eigenvalue weighted by atomic mass is 9.48. The van der Waals surface area contributed by atoms with Crippen LogP contribution in [0.5, 0.6) is 0 Å². The minimum Gasteiger partial charge on any atom is -0.384 e. The molecule has 1 aromatic heterocycles. The number of methoxy groups -OCH3 is 1. The lowest BCUT2D eigenvalue weighted by Gasteiger charge is -2.56. The fraction of sp³-hybridized carbons (Fsp3) is 0.625. The number of aromatic amines is 1. The number of carbonyl (C=O) groups is 1. The Morgan fingerprint density at radius 2 is 2.38 bits per heavy atom. The summed E-state index contributed by atoms with van der Waals surface area (Å²) in [5, 5.41) is 8.86. The number of fused-ring (bicyclic) bond motifs is 1. The molecule has 5 nitrogen and oxygen atoms in total. The molecular weight excluding hydrogens is 266 g/mol. The van der Waals surface area contributed by atoms with Crippen LogP contribution in [0.15, 0.2) is 12.3 Å². The summed E-state index contributed by atoms with van der Waals surface area (Å²) >= 11 is 0. The Hall–Kier alpha value is -1.80. The van der Waals surface area contributed by atoms with Gasteiger partial charge < -0.3 is 14.6 Å². The number of aromatic nitrogens is 1. The zero-order valence-electron chi connectivity index (χ0n) is 12.8. The van der Waals surface area contributed by atoms with Crippen molar-refractivity contribution in [2.24, 2.45) is 16.7 Å². The molecule has 1 saturated heterocycles. The van der Waals surface area contributed by atoms with Crippen molar-refractivity contribution >= 4 is 5.91 Å². The number of nitriles is 1. The highest BCUT2D eigenvalue weighted by Gasteiger charge is 2.63. The first kappa shape index (κ1) is 14.2. The van der Waals surface area contributed by atoms with Gasteiger partial charge in [0.05, 0.1) is 12.2 Å². The minimum atomic E-state index is -0.0165. The van der Waals surface area contributed by atoms with Crippen LogP contribution in [-0.4, -0.2) is 42.6 Å². The predicted octanol–water partition coefficient (Wildman–Crippen LogP) is 2.02. The maximum atomic E-state index is 12.6. The number of hydrogen-bond donors (Lipinski definition) is 1. The van der Waals surface area contributed by atoms with Crippen molar-refractivity contribution in [2.45, 2.75) is 20.3 Å². The molecule has 1 aliphatic carbocycles. The van der Waals surface area contributed by atoms with Crippen molar-refractivity contribution in [3.05, 3.63) is 23.5 Å². The van der Waals surface area contributed by atoms with E-state index in [0.29, 0.717) is 23.8 Å². The number of amides is 1. The van der Waals surface area contributed by atoms with Crippen LogP contribution < -0.4 is 0 Å². The summed E-state index contributed by atoms with van der Waals surface area (Å²) in [5.74, 6) is 0.469. The first-order valence-electron chi connectivity index (χ1n) is 7.29. The largest absolute Gasteiger partial charge is 0.384 e. The Bertz CT molecular complexity index is 613. The van der Waals surface area contributed by atoms with Crippen molar-refractivity contribution in [1.29, 1.82) is 5.26 Å². The number of ether oxygens (including phenoxy) is 1. The van der Waals surface area contributed by atoms with E-state index < -0.39 is 0 Å². The average molecular weight is 287 g/mol. The molecule has 21 heavy (non-hydrogen) atoms. The van der Waals surface area contributed by atoms with E-state index in [1.807, 2.05) is 11.0 Å². The normalized spacial score (nSPS) is 29.6. The van der Waals surface area contributed by atoms with Gasteiger partial charge >= 0.3 is 0 Å². The monoisotopic (exact) mass is 287 g/mol. The second kappa shape index (κ2) is 4.60. The van der Waals surface area contributed by atoms with Gasteiger partial charge in [0, 0.05) is 31.8 Å². The predicted molar refractivity (Wildman–Crippen MR) is 77.6 cm³/mol. The van der Waals surface area contributed by atoms with Gasteiger partial charge in [-0.3, -0.25) is 4.79 Å². The van der Waals surface area contributed by atoms with Gasteiger partial charge in [-0.05, 0) is 23.8 Å². The van der Waals surface area contributed by atoms with E-state index in [0.717, 1.165) is 19.5 Å². The van der Waals surface area contributed by atoms with Gasteiger partial charge in [-0.25, -0.2) is 0 Å². The van der Waals surface area contributed by atoms with Crippen LogP contribution in [0.3, 0.4) is 0 Å². The maximum Gasteiger partial charge on any atom is 0.270 e. The standard InChI is InChI=1S/C16H21N3O2/c1-15(2)8-16(10-21-3)9-19(7-13(15)16)14(20)12-4-11(5-17)6-18-12/h4,6,13,18H,7-10H2,1-3H3/t13-,16-/m1/s1. The number of H-pyrrole nitrogens is 1. The summed E-state index contributed by atoms with van der Waals surface area (Å²) < 4.78 is 5.41. The first-order chi connectivity index (χ1) is 9.92. The summed E-state index contributed by atoms with van der Waals surface area (Å²) in [4.78, 5) is 17.4. The molecule has 2 atom stereocenters. The number of likely N-dealkylation sites (tertiary alicyclic amines) is 1. The zero-order valence-corrected chi connectivity index (χ0v) is 12.8. The lowest BCUT2D eigenvalue weighted by molar-refractivity contribution is -0.107. The van der Waals surface area contributed by atoms with Crippen molar-refractivity contribution in [2.75, 3.05) is 26.8 Å². The van der Waals surface area contributed by atoms with E-state index in [4.69, 9.17) is 10.00 Å². The molecule has 1 amide bonds. The molecule has 3 rings (SSSR count). The average Bonchev–Trinajstić information content (AvgIpc) is 3.01. The van der Waals surface area contributed by atoms with Crippen molar-refractivity contribution < 1.29 is 9.53 Å². The second-order valence-electron chi connectivity index (χ2n) is 7.11. The molecule has 0 spiro atoms. The molecule has 2 heterocycles. The van der Waals surface area contributed by atoms with E-state index in [1.165, 1.54) is 0 Å². The highest BCUT2D eigenvalue weighted by Crippen LogP contribution is 2.62. The summed E-state index contributed by atoms with van der Waals surface area (Å²) in [6.45, 7) is 6.76. The Labute approximate surface area is 124 Å². The quantitative estimate of drug-likeness (QED) is 0.924. The third-order valence-corrected chi connectivity index (χ3v) is 5.16. The number of nitrogens with zero attached hydrogens (tertiary/aromatic N) is 2. The molecule has 0 radical (unpaired) electrons. The Kier molecular flexibility index (Phi) is 3.10. The summed E-state index contributed by atoms with van der Waals surface area (Å²) in [6.07, 6.45) is 2.67. The van der Waals surface area contributed by atoms with Crippen LogP contribution in [0.1, 0.15) is 36.3 Å². The SMILES string of the molecule is COC[C@@]12CN(C(=O)c3cc(C#N)c[nH]3)C[C@@H]1C(C)(C)C2. The summed E-state index contributed by atoms with van der Waals surface area (Å²) in [5.41, 5.74) is 1.37. The molecule has 0 bridgehead atoms. The zero-order chi connectivity index (χ0) is 15.3. The molecule has 5 heteroatoms. The van der Waals surface area contributed by atoms with Gasteiger partial charge in [-0.15, -0.1) is 0 Å². The molecule has 0 aromatic carbocycles. The molecule has 2 aliphatic rings. The van der Waals surface area contributed by atoms with Crippen molar-refractivity contribution in [3.63, 3.8) is 0 Å². The number of nitrogens with one attached hydrogen (secondary N) is 1. The topological polar surface area (TPSA) is 69.1 Å². The molecule has 1 saturated carbocycles. The van der Waals surface area contributed by atoms with Gasteiger partial charge in [0.15, 0.2) is 0 Å². The molecule has 1 N–H and O–H groups in total. The van der Waals surface area contributed by atoms with E-state index in [-0.39, 0.29) is 16.7 Å².